The van der Waals surface area contributed by atoms with Crippen LogP contribution >= 0.6 is 11.3 Å². The predicted molar refractivity (Wildman–Crippen MR) is 109 cm³/mol. The van der Waals surface area contributed by atoms with Crippen LogP contribution in [0.25, 0.3) is 10.4 Å². The lowest BCUT2D eigenvalue weighted by molar-refractivity contribution is 0.0959. The Balaban J connectivity index is 1.48. The van der Waals surface area contributed by atoms with Crippen molar-refractivity contribution < 1.29 is 9.53 Å². The van der Waals surface area contributed by atoms with Crippen molar-refractivity contribution in [1.82, 2.24) is 5.43 Å². The summed E-state index contributed by atoms with van der Waals surface area (Å²) in [6.45, 7) is 0. The number of nitrogens with two attached hydrogens (primary N) is 1. The number of thiophene rings is 1. The standard InChI is InChI=1S/C21H19N3O2S/c1-26-17-8-6-13(7-9-17)19-12-18(22)20(27-19)21(25)24-23-16-10-14-4-2-3-5-15(14)11-16/h2-9,12H,10-11,22H2,1H3,(H,24,25). The number of nitrogens with zero attached hydrogens (tertiary/aromatic N) is 1. The number of nitrogens with one attached hydrogen (secondary N) is 1. The highest BCUT2D eigenvalue weighted by molar-refractivity contribution is 7.18. The van der Waals surface area contributed by atoms with E-state index in [2.05, 4.69) is 22.7 Å². The molecule has 0 aliphatic heterocycles. The highest BCUT2D eigenvalue weighted by atomic mass is 32.1. The molecule has 1 aliphatic rings. The number of nitrogen functional groups attached to an aromatic ring is 1. The number of hydrogen-bond donors (Lipinski definition) is 2. The third-order valence-electron chi connectivity index (χ3n) is 4.56. The van der Waals surface area contributed by atoms with E-state index in [4.69, 9.17) is 10.5 Å². The Labute approximate surface area is 161 Å². The number of anilines is 1. The fourth-order valence-electron chi connectivity index (χ4n) is 3.14. The van der Waals surface area contributed by atoms with Gasteiger partial charge in [-0.1, -0.05) is 24.3 Å². The Morgan fingerprint density at radius 1 is 1.11 bits per heavy atom. The van der Waals surface area contributed by atoms with Crippen molar-refractivity contribution in [3.63, 3.8) is 0 Å². The van der Waals surface area contributed by atoms with Gasteiger partial charge in [-0.3, -0.25) is 4.79 Å². The first-order chi connectivity index (χ1) is 13.1. The largest absolute Gasteiger partial charge is 0.497 e. The number of hydrazone groups is 1. The summed E-state index contributed by atoms with van der Waals surface area (Å²) >= 11 is 1.36. The smallest absolute Gasteiger partial charge is 0.283 e. The zero-order valence-corrected chi connectivity index (χ0v) is 15.7. The molecular formula is C21H19N3O2S. The van der Waals surface area contributed by atoms with Crippen LogP contribution in [-0.4, -0.2) is 18.7 Å². The summed E-state index contributed by atoms with van der Waals surface area (Å²) in [6.07, 6.45) is 1.54. The molecule has 1 aliphatic carbocycles. The van der Waals surface area contributed by atoms with Gasteiger partial charge in [-0.2, -0.15) is 5.10 Å². The number of rotatable bonds is 4. The van der Waals surface area contributed by atoms with E-state index in [1.54, 1.807) is 7.11 Å². The first-order valence-electron chi connectivity index (χ1n) is 8.60. The summed E-state index contributed by atoms with van der Waals surface area (Å²) in [5.41, 5.74) is 13.7. The van der Waals surface area contributed by atoms with E-state index < -0.39 is 0 Å². The van der Waals surface area contributed by atoms with Crippen LogP contribution in [0.5, 0.6) is 5.75 Å². The molecule has 5 nitrogen and oxygen atoms in total. The van der Waals surface area contributed by atoms with Gasteiger partial charge in [0.05, 0.1) is 12.8 Å². The normalized spacial score (nSPS) is 12.6. The lowest BCUT2D eigenvalue weighted by Crippen LogP contribution is -2.19. The lowest BCUT2D eigenvalue weighted by Gasteiger charge is -2.01. The zero-order chi connectivity index (χ0) is 18.8. The van der Waals surface area contributed by atoms with Crippen LogP contribution in [0.4, 0.5) is 5.69 Å². The summed E-state index contributed by atoms with van der Waals surface area (Å²) < 4.78 is 5.18. The third kappa shape index (κ3) is 3.57. The van der Waals surface area contributed by atoms with Crippen LogP contribution in [0.3, 0.4) is 0 Å². The highest BCUT2D eigenvalue weighted by Crippen LogP contribution is 2.34. The SMILES string of the molecule is COc1ccc(-c2cc(N)c(C(=O)NN=C3Cc4ccccc4C3)s2)cc1. The van der Waals surface area contributed by atoms with Gasteiger partial charge in [0.1, 0.15) is 10.6 Å². The summed E-state index contributed by atoms with van der Waals surface area (Å²) in [5.74, 6) is 0.510. The van der Waals surface area contributed by atoms with Crippen LogP contribution in [0.2, 0.25) is 0 Å². The van der Waals surface area contributed by atoms with Crippen LogP contribution < -0.4 is 15.9 Å². The molecule has 0 unspecified atom stereocenters. The first-order valence-corrected chi connectivity index (χ1v) is 9.42. The zero-order valence-electron chi connectivity index (χ0n) is 14.9. The fourth-order valence-corrected chi connectivity index (χ4v) is 4.12. The minimum Gasteiger partial charge on any atom is -0.497 e. The topological polar surface area (TPSA) is 76.7 Å². The maximum absolute atomic E-state index is 12.5. The molecule has 0 fully saturated rings. The molecule has 3 aromatic rings. The molecule has 1 heterocycles. The van der Waals surface area contributed by atoms with Crippen molar-refractivity contribution >= 4 is 28.6 Å². The van der Waals surface area contributed by atoms with E-state index in [9.17, 15) is 4.79 Å². The minimum atomic E-state index is -0.277. The maximum Gasteiger partial charge on any atom is 0.283 e. The van der Waals surface area contributed by atoms with Crippen LogP contribution in [-0.2, 0) is 12.8 Å². The molecule has 4 rings (SSSR count). The number of benzene rings is 2. The molecule has 0 radical (unpaired) electrons. The van der Waals surface area contributed by atoms with Crippen molar-refractivity contribution in [3.05, 3.63) is 70.6 Å². The Bertz CT molecular complexity index is 995. The number of methoxy groups -OCH3 is 1. The van der Waals surface area contributed by atoms with E-state index in [1.165, 1.54) is 22.5 Å². The van der Waals surface area contributed by atoms with Crippen molar-refractivity contribution in [3.8, 4) is 16.2 Å². The summed E-state index contributed by atoms with van der Waals surface area (Å²) in [7, 11) is 1.63. The number of carbonyl (C=O) groups is 1. The Morgan fingerprint density at radius 3 is 2.41 bits per heavy atom. The molecule has 0 saturated heterocycles. The van der Waals surface area contributed by atoms with E-state index in [1.807, 2.05) is 42.5 Å². The maximum atomic E-state index is 12.5. The summed E-state index contributed by atoms with van der Waals surface area (Å²) in [6, 6.07) is 17.7. The molecule has 3 N–H and O–H groups in total. The Hall–Kier alpha value is -3.12. The second kappa shape index (κ2) is 7.25. The van der Waals surface area contributed by atoms with Crippen LogP contribution in [0, 0.1) is 0 Å². The number of carbonyl (C=O) groups excluding carboxylic acids is 1. The highest BCUT2D eigenvalue weighted by Gasteiger charge is 2.18. The quantitative estimate of drug-likeness (QED) is 0.677. The van der Waals surface area contributed by atoms with Gasteiger partial charge >= 0.3 is 0 Å². The molecule has 6 heteroatoms. The molecule has 0 bridgehead atoms. The predicted octanol–water partition coefficient (Wildman–Crippen LogP) is 3.89. The van der Waals surface area contributed by atoms with Gasteiger partial charge in [-0.05, 0) is 47.0 Å². The van der Waals surface area contributed by atoms with Gasteiger partial charge in [0.25, 0.3) is 5.91 Å². The monoisotopic (exact) mass is 377 g/mol. The molecule has 0 spiro atoms. The van der Waals surface area contributed by atoms with Gasteiger partial charge in [0, 0.05) is 23.4 Å². The van der Waals surface area contributed by atoms with Gasteiger partial charge in [0.15, 0.2) is 0 Å². The second-order valence-corrected chi connectivity index (χ2v) is 7.42. The van der Waals surface area contributed by atoms with E-state index >= 15 is 0 Å². The number of hydrogen-bond acceptors (Lipinski definition) is 5. The number of ether oxygens (including phenoxy) is 1. The van der Waals surface area contributed by atoms with Crippen LogP contribution in [0.15, 0.2) is 59.7 Å². The lowest BCUT2D eigenvalue weighted by atomic mass is 10.1. The molecule has 0 atom stereocenters. The second-order valence-electron chi connectivity index (χ2n) is 6.36. The van der Waals surface area contributed by atoms with E-state index in [-0.39, 0.29) is 5.91 Å². The molecule has 136 valence electrons. The van der Waals surface area contributed by atoms with Crippen molar-refractivity contribution in [1.29, 1.82) is 0 Å². The fraction of sp³-hybridized carbons (Fsp3) is 0.143. The molecule has 0 saturated carbocycles. The molecule has 2 aromatic carbocycles. The van der Waals surface area contributed by atoms with E-state index in [0.717, 1.165) is 34.7 Å². The number of amides is 1. The average Bonchev–Trinajstić information content (AvgIpc) is 3.29. The van der Waals surface area contributed by atoms with Gasteiger partial charge in [0.2, 0.25) is 0 Å². The molecule has 1 amide bonds. The first kappa shape index (κ1) is 17.3. The third-order valence-corrected chi connectivity index (χ3v) is 5.76. The summed E-state index contributed by atoms with van der Waals surface area (Å²) in [5, 5.41) is 4.31. The molecular weight excluding hydrogens is 358 g/mol. The van der Waals surface area contributed by atoms with Gasteiger partial charge in [-0.25, -0.2) is 5.43 Å². The van der Waals surface area contributed by atoms with E-state index in [0.29, 0.717) is 10.6 Å². The van der Waals surface area contributed by atoms with Gasteiger partial charge in [-0.15, -0.1) is 11.3 Å². The molecule has 27 heavy (non-hydrogen) atoms. The number of fused-ring (bicyclic) bond motifs is 1. The van der Waals surface area contributed by atoms with Crippen molar-refractivity contribution in [2.24, 2.45) is 5.10 Å². The van der Waals surface area contributed by atoms with Gasteiger partial charge < -0.3 is 10.5 Å². The average molecular weight is 377 g/mol. The summed E-state index contributed by atoms with van der Waals surface area (Å²) in [4.78, 5) is 13.9. The Morgan fingerprint density at radius 2 is 1.78 bits per heavy atom. The van der Waals surface area contributed by atoms with Crippen molar-refractivity contribution in [2.45, 2.75) is 12.8 Å². The van der Waals surface area contributed by atoms with Crippen molar-refractivity contribution in [2.75, 3.05) is 12.8 Å². The van der Waals surface area contributed by atoms with Crippen LogP contribution in [0.1, 0.15) is 20.8 Å². The Kier molecular flexibility index (Phi) is 4.64. The minimum absolute atomic E-state index is 0.277. The molecule has 1 aromatic heterocycles.